The summed E-state index contributed by atoms with van der Waals surface area (Å²) in [5.74, 6) is -0.422. The number of nitrogens with one attached hydrogen (secondary N) is 1. The van der Waals surface area contributed by atoms with Gasteiger partial charge in [-0.05, 0) is 65.9 Å². The number of hydrogen-bond acceptors (Lipinski definition) is 2. The van der Waals surface area contributed by atoms with Gasteiger partial charge in [-0.2, -0.15) is 0 Å². The van der Waals surface area contributed by atoms with Crippen molar-refractivity contribution in [2.24, 2.45) is 5.92 Å². The summed E-state index contributed by atoms with van der Waals surface area (Å²) >= 11 is 2.22. The molecule has 0 radical (unpaired) electrons. The van der Waals surface area contributed by atoms with E-state index in [-0.39, 0.29) is 24.2 Å². The molecule has 1 heterocycles. The van der Waals surface area contributed by atoms with Crippen LogP contribution in [0.3, 0.4) is 0 Å². The maximum absolute atomic E-state index is 12.4. The van der Waals surface area contributed by atoms with E-state index in [0.29, 0.717) is 6.54 Å². The van der Waals surface area contributed by atoms with Crippen molar-refractivity contribution in [1.29, 1.82) is 0 Å². The molecule has 1 saturated heterocycles. The Morgan fingerprint density at radius 1 is 1.13 bits per heavy atom. The molecule has 1 fully saturated rings. The van der Waals surface area contributed by atoms with E-state index in [2.05, 4.69) is 27.9 Å². The van der Waals surface area contributed by atoms with Crippen molar-refractivity contribution < 1.29 is 9.59 Å². The topological polar surface area (TPSA) is 49.4 Å². The van der Waals surface area contributed by atoms with Gasteiger partial charge in [0.25, 0.3) is 0 Å². The molecule has 23 heavy (non-hydrogen) atoms. The molecule has 1 aliphatic rings. The maximum Gasteiger partial charge on any atom is 0.229 e. The summed E-state index contributed by atoms with van der Waals surface area (Å²) in [5.41, 5.74) is 2.76. The monoisotopic (exact) mass is 420 g/mol. The molecule has 118 valence electrons. The Labute approximate surface area is 149 Å². The van der Waals surface area contributed by atoms with Gasteiger partial charge in [0, 0.05) is 27.9 Å². The van der Waals surface area contributed by atoms with Crippen LogP contribution in [-0.2, 0) is 9.59 Å². The molecule has 4 nitrogen and oxygen atoms in total. The van der Waals surface area contributed by atoms with Crippen LogP contribution >= 0.6 is 22.6 Å². The van der Waals surface area contributed by atoms with Crippen molar-refractivity contribution in [2.75, 3.05) is 16.8 Å². The van der Waals surface area contributed by atoms with Gasteiger partial charge in [-0.15, -0.1) is 0 Å². The van der Waals surface area contributed by atoms with Crippen LogP contribution in [-0.4, -0.2) is 18.4 Å². The van der Waals surface area contributed by atoms with E-state index in [1.807, 2.05) is 55.5 Å². The second-order valence-electron chi connectivity index (χ2n) is 5.74. The molecule has 3 rings (SSSR count). The summed E-state index contributed by atoms with van der Waals surface area (Å²) in [5, 5.41) is 2.89. The van der Waals surface area contributed by atoms with Crippen molar-refractivity contribution in [2.45, 2.75) is 13.3 Å². The van der Waals surface area contributed by atoms with Crippen molar-refractivity contribution in [3.63, 3.8) is 0 Å². The lowest BCUT2D eigenvalue weighted by Crippen LogP contribution is -2.28. The normalized spacial score (nSPS) is 17.4. The van der Waals surface area contributed by atoms with Crippen LogP contribution in [0, 0.1) is 16.4 Å². The largest absolute Gasteiger partial charge is 0.326 e. The summed E-state index contributed by atoms with van der Waals surface area (Å²) in [6.07, 6.45) is 0.254. The number of amides is 2. The smallest absolute Gasteiger partial charge is 0.229 e. The Balaban J connectivity index is 1.68. The molecular weight excluding hydrogens is 403 g/mol. The summed E-state index contributed by atoms with van der Waals surface area (Å²) in [7, 11) is 0. The van der Waals surface area contributed by atoms with Crippen LogP contribution in [0.25, 0.3) is 0 Å². The predicted octanol–water partition coefficient (Wildman–Crippen LogP) is 3.59. The molecule has 2 amide bonds. The van der Waals surface area contributed by atoms with Gasteiger partial charge in [0.2, 0.25) is 11.8 Å². The fraction of sp³-hybridized carbons (Fsp3) is 0.222. The fourth-order valence-corrected chi connectivity index (χ4v) is 2.99. The molecule has 0 aromatic heterocycles. The summed E-state index contributed by atoms with van der Waals surface area (Å²) < 4.78 is 1.11. The minimum Gasteiger partial charge on any atom is -0.326 e. The molecular formula is C18H17IN2O2. The van der Waals surface area contributed by atoms with Gasteiger partial charge in [0.15, 0.2) is 0 Å². The number of hydrogen-bond donors (Lipinski definition) is 1. The lowest BCUT2D eigenvalue weighted by atomic mass is 10.1. The number of aryl methyl sites for hydroxylation is 1. The third kappa shape index (κ3) is 3.72. The Kier molecular flexibility index (Phi) is 4.66. The first-order valence-corrected chi connectivity index (χ1v) is 8.54. The number of anilines is 2. The van der Waals surface area contributed by atoms with E-state index >= 15 is 0 Å². The van der Waals surface area contributed by atoms with Crippen LogP contribution in [0.5, 0.6) is 0 Å². The lowest BCUT2D eigenvalue weighted by Gasteiger charge is -2.17. The molecule has 0 spiro atoms. The zero-order valence-electron chi connectivity index (χ0n) is 12.8. The number of rotatable bonds is 3. The third-order valence-electron chi connectivity index (χ3n) is 3.95. The first kappa shape index (κ1) is 16.0. The molecule has 1 N–H and O–H groups in total. The predicted molar refractivity (Wildman–Crippen MR) is 99.4 cm³/mol. The number of carbonyl (C=O) groups is 2. The quantitative estimate of drug-likeness (QED) is 0.772. The number of nitrogens with zero attached hydrogens (tertiary/aromatic N) is 1. The fourth-order valence-electron chi connectivity index (χ4n) is 2.63. The van der Waals surface area contributed by atoms with E-state index in [1.165, 1.54) is 0 Å². The molecule has 2 aromatic rings. The van der Waals surface area contributed by atoms with E-state index in [1.54, 1.807) is 4.90 Å². The second-order valence-corrected chi connectivity index (χ2v) is 6.98. The SMILES string of the molecule is Cc1ccc(N2CC(C(=O)Nc3ccc(I)cc3)CC2=O)cc1. The minimum absolute atomic E-state index is 0.00314. The number of halogens is 1. The highest BCUT2D eigenvalue weighted by atomic mass is 127. The Morgan fingerprint density at radius 3 is 2.43 bits per heavy atom. The molecule has 0 aliphatic carbocycles. The highest BCUT2D eigenvalue weighted by Crippen LogP contribution is 2.26. The number of benzene rings is 2. The molecule has 1 atom stereocenters. The summed E-state index contributed by atoms with van der Waals surface area (Å²) in [6, 6.07) is 15.4. The molecule has 1 unspecified atom stereocenters. The van der Waals surface area contributed by atoms with Crippen molar-refractivity contribution in [3.05, 3.63) is 57.7 Å². The second kappa shape index (κ2) is 6.70. The molecule has 0 saturated carbocycles. The van der Waals surface area contributed by atoms with Crippen molar-refractivity contribution in [3.8, 4) is 0 Å². The van der Waals surface area contributed by atoms with Crippen LogP contribution < -0.4 is 10.2 Å². The molecule has 5 heteroatoms. The van der Waals surface area contributed by atoms with Gasteiger partial charge < -0.3 is 10.2 Å². The zero-order chi connectivity index (χ0) is 16.4. The van der Waals surface area contributed by atoms with Crippen molar-refractivity contribution >= 4 is 45.8 Å². The van der Waals surface area contributed by atoms with E-state index < -0.39 is 0 Å². The Hall–Kier alpha value is -1.89. The average Bonchev–Trinajstić information content (AvgIpc) is 2.92. The van der Waals surface area contributed by atoms with E-state index in [0.717, 1.165) is 20.5 Å². The van der Waals surface area contributed by atoms with Gasteiger partial charge in [0.1, 0.15) is 0 Å². The zero-order valence-corrected chi connectivity index (χ0v) is 14.9. The van der Waals surface area contributed by atoms with Crippen LogP contribution in [0.1, 0.15) is 12.0 Å². The van der Waals surface area contributed by atoms with Crippen LogP contribution in [0.4, 0.5) is 11.4 Å². The third-order valence-corrected chi connectivity index (χ3v) is 4.67. The first-order valence-electron chi connectivity index (χ1n) is 7.46. The Bertz CT molecular complexity index is 726. The van der Waals surface area contributed by atoms with Gasteiger partial charge >= 0.3 is 0 Å². The highest BCUT2D eigenvalue weighted by molar-refractivity contribution is 14.1. The van der Waals surface area contributed by atoms with Gasteiger partial charge in [-0.3, -0.25) is 9.59 Å². The number of carbonyl (C=O) groups excluding carboxylic acids is 2. The van der Waals surface area contributed by atoms with E-state index in [4.69, 9.17) is 0 Å². The summed E-state index contributed by atoms with van der Waals surface area (Å²) in [6.45, 7) is 2.44. The van der Waals surface area contributed by atoms with Gasteiger partial charge in [0.05, 0.1) is 5.92 Å². The first-order chi connectivity index (χ1) is 11.0. The molecule has 1 aliphatic heterocycles. The Morgan fingerprint density at radius 2 is 1.78 bits per heavy atom. The van der Waals surface area contributed by atoms with E-state index in [9.17, 15) is 9.59 Å². The highest BCUT2D eigenvalue weighted by Gasteiger charge is 2.35. The average molecular weight is 420 g/mol. The van der Waals surface area contributed by atoms with Gasteiger partial charge in [-0.1, -0.05) is 17.7 Å². The van der Waals surface area contributed by atoms with Crippen LogP contribution in [0.2, 0.25) is 0 Å². The van der Waals surface area contributed by atoms with Gasteiger partial charge in [-0.25, -0.2) is 0 Å². The molecule has 2 aromatic carbocycles. The minimum atomic E-state index is -0.317. The standard InChI is InChI=1S/C18H17IN2O2/c1-12-2-8-16(9-3-12)21-11-13(10-17(21)22)18(23)20-15-6-4-14(19)5-7-15/h2-9,13H,10-11H2,1H3,(H,20,23). The van der Waals surface area contributed by atoms with Crippen LogP contribution in [0.15, 0.2) is 48.5 Å². The molecule has 0 bridgehead atoms. The maximum atomic E-state index is 12.4. The summed E-state index contributed by atoms with van der Waals surface area (Å²) in [4.78, 5) is 26.3. The van der Waals surface area contributed by atoms with Crippen molar-refractivity contribution in [1.82, 2.24) is 0 Å². The lowest BCUT2D eigenvalue weighted by molar-refractivity contribution is -0.122.